The van der Waals surface area contributed by atoms with E-state index < -0.39 is 0 Å². The molecule has 4 aliphatic rings. The molecule has 4 aliphatic heterocycles. The molecule has 1 atom stereocenters. The molecule has 0 saturated carbocycles. The number of imide groups is 1. The Balaban J connectivity index is 0.805. The summed E-state index contributed by atoms with van der Waals surface area (Å²) in [5.41, 5.74) is 4.40. The molecule has 62 heavy (non-hydrogen) atoms. The summed E-state index contributed by atoms with van der Waals surface area (Å²) >= 11 is 0. The lowest BCUT2D eigenvalue weighted by Gasteiger charge is -2.30. The van der Waals surface area contributed by atoms with Crippen molar-refractivity contribution >= 4 is 63.6 Å². The van der Waals surface area contributed by atoms with Crippen molar-refractivity contribution in [1.82, 2.24) is 9.80 Å². The van der Waals surface area contributed by atoms with Crippen LogP contribution in [0.4, 0.5) is 17.1 Å². The third-order valence-corrected chi connectivity index (χ3v) is 12.3. The van der Waals surface area contributed by atoms with E-state index in [2.05, 4.69) is 24.4 Å². The third kappa shape index (κ3) is 9.07. The molecule has 0 spiro atoms. The molecule has 0 radical (unpaired) electrons. The minimum Gasteiger partial charge on any atom is -0.493 e. The molecule has 0 bridgehead atoms. The van der Waals surface area contributed by atoms with Crippen LogP contribution in [0.15, 0.2) is 83.9 Å². The van der Waals surface area contributed by atoms with Crippen LogP contribution in [0, 0.1) is 0 Å². The van der Waals surface area contributed by atoms with Crippen LogP contribution in [0.2, 0.25) is 0 Å². The fraction of sp³-hybridized carbons (Fsp3) is 0.388. The lowest BCUT2D eigenvalue weighted by molar-refractivity contribution is -0.137. The number of nitrogens with zero attached hydrogens (tertiary/aromatic N) is 4. The van der Waals surface area contributed by atoms with Gasteiger partial charge in [-0.1, -0.05) is 42.8 Å². The van der Waals surface area contributed by atoms with Crippen molar-refractivity contribution in [1.29, 1.82) is 0 Å². The summed E-state index contributed by atoms with van der Waals surface area (Å²) in [5.74, 6) is 1.15. The first kappa shape index (κ1) is 42.2. The Hall–Kier alpha value is -6.50. The van der Waals surface area contributed by atoms with E-state index >= 15 is 0 Å². The smallest absolute Gasteiger partial charge is 0.256 e. The topological polar surface area (TPSA) is 147 Å². The highest BCUT2D eigenvalue weighted by Gasteiger charge is 2.41. The van der Waals surface area contributed by atoms with Crippen LogP contribution in [0.3, 0.4) is 0 Å². The van der Waals surface area contributed by atoms with Crippen molar-refractivity contribution in [2.75, 3.05) is 43.6 Å². The molecule has 0 unspecified atom stereocenters. The first-order chi connectivity index (χ1) is 30.1. The third-order valence-electron chi connectivity index (χ3n) is 12.3. The number of anilines is 2. The number of benzene rings is 4. The lowest BCUT2D eigenvalue weighted by Crippen LogP contribution is -2.45. The van der Waals surface area contributed by atoms with Gasteiger partial charge in [0.1, 0.15) is 12.4 Å². The number of amides is 5. The maximum Gasteiger partial charge on any atom is 0.256 e. The Morgan fingerprint density at radius 3 is 2.35 bits per heavy atom. The number of fused-ring (bicyclic) bond motifs is 5. The molecular weight excluding hydrogens is 787 g/mol. The summed E-state index contributed by atoms with van der Waals surface area (Å²) < 4.78 is 18.2. The van der Waals surface area contributed by atoms with Crippen LogP contribution < -0.4 is 24.4 Å². The summed E-state index contributed by atoms with van der Waals surface area (Å²) in [7, 11) is 1.57. The Bertz CT molecular complexity index is 2430. The van der Waals surface area contributed by atoms with Crippen LogP contribution in [0.5, 0.6) is 17.2 Å². The van der Waals surface area contributed by atoms with Gasteiger partial charge in [0.15, 0.2) is 11.5 Å². The number of hydrogen-bond acceptors (Lipinski definition) is 9. The van der Waals surface area contributed by atoms with Gasteiger partial charge in [0.25, 0.3) is 17.7 Å². The predicted octanol–water partition coefficient (Wildman–Crippen LogP) is 8.09. The molecular formula is C49H53N5O8. The molecule has 0 aromatic heterocycles. The van der Waals surface area contributed by atoms with Gasteiger partial charge < -0.3 is 29.3 Å². The van der Waals surface area contributed by atoms with Crippen molar-refractivity contribution < 1.29 is 38.2 Å². The highest BCUT2D eigenvalue weighted by atomic mass is 16.5. The van der Waals surface area contributed by atoms with Crippen LogP contribution >= 0.6 is 0 Å². The van der Waals surface area contributed by atoms with Crippen LogP contribution in [-0.4, -0.2) is 84.4 Å². The van der Waals surface area contributed by atoms with Crippen molar-refractivity contribution in [3.63, 3.8) is 0 Å². The molecule has 1 fully saturated rings. The number of carbonyl (C=O) groups is 5. The molecule has 322 valence electrons. The average molecular weight is 840 g/mol. The van der Waals surface area contributed by atoms with Gasteiger partial charge >= 0.3 is 0 Å². The SMILES string of the molecule is COc1cc2c(cc1OCCCCCC(=O)N1CCc3c1cc(OCc1ccc(NC(=O)CCCCCN4C(=O)C=CC4=O)cc1)c1ccccc31)N=C[C@]1(C)CCCN1C2=O. The fourth-order valence-electron chi connectivity index (χ4n) is 8.85. The Morgan fingerprint density at radius 2 is 1.56 bits per heavy atom. The Labute approximate surface area is 361 Å². The van der Waals surface area contributed by atoms with E-state index in [-0.39, 0.29) is 35.1 Å². The van der Waals surface area contributed by atoms with E-state index in [4.69, 9.17) is 19.2 Å². The standard InChI is InChI=1S/C49H53N5O8/c1-49-23-11-25-54(49)48(59)38-28-42(60-2)43(29-39(38)50-32-49)61-27-10-4-6-15-45(56)52-26-22-36-35-12-7-8-13-37(35)41(30-40(36)52)62-31-33-16-18-34(19-17-33)51-44(55)14-5-3-9-24-53-46(57)20-21-47(53)58/h7-8,12-13,16-21,28-30,32H,3-6,9-11,14-15,22-27,31H2,1-2H3,(H,51,55)/t49-/m0/s1. The Kier molecular flexibility index (Phi) is 12.7. The molecule has 8 rings (SSSR count). The fourth-order valence-corrected chi connectivity index (χ4v) is 8.85. The van der Waals surface area contributed by atoms with Crippen molar-refractivity contribution in [2.24, 2.45) is 4.99 Å². The van der Waals surface area contributed by atoms with E-state index in [1.165, 1.54) is 17.1 Å². The van der Waals surface area contributed by atoms with Gasteiger partial charge in [0.05, 0.1) is 36.2 Å². The van der Waals surface area contributed by atoms with Crippen LogP contribution in [0.25, 0.3) is 10.8 Å². The zero-order valence-electron chi connectivity index (χ0n) is 35.5. The summed E-state index contributed by atoms with van der Waals surface area (Å²) in [6.45, 7) is 4.50. The minimum atomic E-state index is -0.382. The molecule has 1 saturated heterocycles. The molecule has 0 aliphatic carbocycles. The molecule has 1 N–H and O–H groups in total. The van der Waals surface area contributed by atoms with Crippen molar-refractivity contribution in [3.05, 3.63) is 95.6 Å². The van der Waals surface area contributed by atoms with Crippen LogP contribution in [-0.2, 0) is 32.2 Å². The van der Waals surface area contributed by atoms with Gasteiger partial charge in [-0.15, -0.1) is 0 Å². The molecule has 13 nitrogen and oxygen atoms in total. The zero-order chi connectivity index (χ0) is 43.2. The van der Waals surface area contributed by atoms with E-state index in [1.54, 1.807) is 19.2 Å². The highest BCUT2D eigenvalue weighted by Crippen LogP contribution is 2.42. The molecule has 4 aromatic rings. The second kappa shape index (κ2) is 18.6. The maximum absolute atomic E-state index is 13.7. The summed E-state index contributed by atoms with van der Waals surface area (Å²) in [6.07, 6.45) is 12.2. The Morgan fingerprint density at radius 1 is 0.806 bits per heavy atom. The second-order valence-corrected chi connectivity index (χ2v) is 16.6. The first-order valence-corrected chi connectivity index (χ1v) is 21.7. The van der Waals surface area contributed by atoms with Crippen molar-refractivity contribution in [3.8, 4) is 17.2 Å². The number of aliphatic imine (C=N–C) groups is 1. The minimum absolute atomic E-state index is 0.0366. The number of unbranched alkanes of at least 4 members (excludes halogenated alkanes) is 4. The number of carbonyl (C=O) groups excluding carboxylic acids is 5. The van der Waals surface area contributed by atoms with E-state index in [9.17, 15) is 24.0 Å². The first-order valence-electron chi connectivity index (χ1n) is 21.7. The van der Waals surface area contributed by atoms with E-state index in [0.29, 0.717) is 92.7 Å². The lowest BCUT2D eigenvalue weighted by atomic mass is 10.0. The van der Waals surface area contributed by atoms with Gasteiger partial charge in [-0.3, -0.25) is 33.9 Å². The predicted molar refractivity (Wildman–Crippen MR) is 238 cm³/mol. The van der Waals surface area contributed by atoms with Gasteiger partial charge in [0.2, 0.25) is 11.8 Å². The van der Waals surface area contributed by atoms with Gasteiger partial charge in [-0.05, 0) is 93.0 Å². The molecule has 13 heteroatoms. The van der Waals surface area contributed by atoms with Crippen LogP contribution in [0.1, 0.15) is 92.6 Å². The quantitative estimate of drug-likeness (QED) is 0.0782. The largest absolute Gasteiger partial charge is 0.493 e. The summed E-state index contributed by atoms with van der Waals surface area (Å²) in [4.78, 5) is 72.7. The summed E-state index contributed by atoms with van der Waals surface area (Å²) in [5, 5.41) is 5.02. The number of methoxy groups -OCH3 is 1. The highest BCUT2D eigenvalue weighted by molar-refractivity contribution is 6.13. The summed E-state index contributed by atoms with van der Waals surface area (Å²) in [6, 6.07) is 21.2. The number of hydrogen-bond donors (Lipinski definition) is 1. The van der Waals surface area contributed by atoms with Gasteiger partial charge in [0, 0.05) is 74.0 Å². The van der Waals surface area contributed by atoms with E-state index in [0.717, 1.165) is 72.5 Å². The normalized spacial score (nSPS) is 17.6. The molecule has 4 heterocycles. The molecule has 5 amide bonds. The van der Waals surface area contributed by atoms with E-state index in [1.807, 2.05) is 58.5 Å². The van der Waals surface area contributed by atoms with Gasteiger partial charge in [-0.25, -0.2) is 0 Å². The number of nitrogens with one attached hydrogen (secondary N) is 1. The molecule has 4 aromatic carbocycles. The van der Waals surface area contributed by atoms with Crippen molar-refractivity contribution in [2.45, 2.75) is 89.7 Å². The number of rotatable bonds is 18. The van der Waals surface area contributed by atoms with Gasteiger partial charge in [-0.2, -0.15) is 0 Å². The number of ether oxygens (including phenoxy) is 3. The monoisotopic (exact) mass is 839 g/mol. The maximum atomic E-state index is 13.7. The second-order valence-electron chi connectivity index (χ2n) is 16.6. The zero-order valence-corrected chi connectivity index (χ0v) is 35.5. The average Bonchev–Trinajstić information content (AvgIpc) is 3.97.